The molecule has 0 fully saturated rings. The summed E-state index contributed by atoms with van der Waals surface area (Å²) < 4.78 is 1.53. The number of nitrogens with zero attached hydrogens (tertiary/aromatic N) is 3. The van der Waals surface area contributed by atoms with Gasteiger partial charge < -0.3 is 0 Å². The zero-order valence-corrected chi connectivity index (χ0v) is 8.92. The minimum absolute atomic E-state index is 0.00611. The van der Waals surface area contributed by atoms with Crippen molar-refractivity contribution in [3.8, 4) is 0 Å². The lowest BCUT2D eigenvalue weighted by Crippen LogP contribution is -2.26. The van der Waals surface area contributed by atoms with Crippen molar-refractivity contribution in [1.82, 2.24) is 15.0 Å². The molecule has 0 saturated carbocycles. The summed E-state index contributed by atoms with van der Waals surface area (Å²) in [7, 11) is 1.74. The number of benzene rings is 1. The molecule has 1 aliphatic carbocycles. The monoisotopic (exact) mass is 213 g/mol. The average molecular weight is 213 g/mol. The van der Waals surface area contributed by atoms with Gasteiger partial charge in [-0.3, -0.25) is 4.79 Å². The van der Waals surface area contributed by atoms with E-state index in [0.717, 1.165) is 12.0 Å². The van der Waals surface area contributed by atoms with E-state index >= 15 is 0 Å². The summed E-state index contributed by atoms with van der Waals surface area (Å²) in [6, 6.07) is 8.07. The van der Waals surface area contributed by atoms with E-state index in [0.29, 0.717) is 5.69 Å². The normalized spacial score (nSPS) is 17.7. The maximum atomic E-state index is 12.2. The number of hydrogen-bond acceptors (Lipinski definition) is 3. The maximum Gasteiger partial charge on any atom is 0.190 e. The van der Waals surface area contributed by atoms with Gasteiger partial charge in [-0.25, -0.2) is 4.68 Å². The van der Waals surface area contributed by atoms with E-state index in [4.69, 9.17) is 0 Å². The summed E-state index contributed by atoms with van der Waals surface area (Å²) in [5.74, 6) is 0.111. The number of Topliss-reactive ketones (excluding diaryl/α,β-unsaturated/α-hetero) is 1. The van der Waals surface area contributed by atoms with E-state index in [1.165, 1.54) is 16.4 Å². The first-order valence-electron chi connectivity index (χ1n) is 5.24. The molecule has 0 N–H and O–H groups in total. The van der Waals surface area contributed by atoms with Crippen LogP contribution in [-0.4, -0.2) is 20.8 Å². The standard InChI is InChI=1S/C12H11N3O/c1-15-11(7-13-14-15)12(16)10-6-8-4-2-3-5-9(8)10/h2-5,7,10H,6H2,1H3. The van der Waals surface area contributed by atoms with Crippen molar-refractivity contribution < 1.29 is 4.79 Å². The molecule has 16 heavy (non-hydrogen) atoms. The lowest BCUT2D eigenvalue weighted by molar-refractivity contribution is 0.0939. The second-order valence-corrected chi connectivity index (χ2v) is 4.06. The molecule has 1 unspecified atom stereocenters. The molecule has 1 atom stereocenters. The Morgan fingerprint density at radius 1 is 1.44 bits per heavy atom. The number of aryl methyl sites for hydroxylation is 1. The predicted molar refractivity (Wildman–Crippen MR) is 58.2 cm³/mol. The number of carbonyl (C=O) groups excluding carboxylic acids is 1. The molecule has 0 radical (unpaired) electrons. The quantitative estimate of drug-likeness (QED) is 0.707. The molecule has 4 nitrogen and oxygen atoms in total. The van der Waals surface area contributed by atoms with Gasteiger partial charge in [-0.15, -0.1) is 5.10 Å². The lowest BCUT2D eigenvalue weighted by atomic mass is 9.74. The molecule has 4 heteroatoms. The average Bonchev–Trinajstić information content (AvgIpc) is 2.66. The molecular formula is C12H11N3O. The van der Waals surface area contributed by atoms with Crippen LogP contribution in [0.15, 0.2) is 30.5 Å². The van der Waals surface area contributed by atoms with Gasteiger partial charge in [-0.1, -0.05) is 29.5 Å². The van der Waals surface area contributed by atoms with Crippen LogP contribution in [0.5, 0.6) is 0 Å². The smallest absolute Gasteiger partial charge is 0.190 e. The molecule has 2 aromatic rings. The number of aromatic nitrogens is 3. The first-order chi connectivity index (χ1) is 7.77. The van der Waals surface area contributed by atoms with Gasteiger partial charge in [-0.2, -0.15) is 0 Å². The van der Waals surface area contributed by atoms with E-state index < -0.39 is 0 Å². The van der Waals surface area contributed by atoms with Gasteiger partial charge in [0.05, 0.1) is 12.1 Å². The van der Waals surface area contributed by atoms with Gasteiger partial charge in [0.15, 0.2) is 5.78 Å². The summed E-state index contributed by atoms with van der Waals surface area (Å²) in [6.45, 7) is 0. The number of carbonyl (C=O) groups is 1. The molecule has 1 aromatic carbocycles. The fourth-order valence-corrected chi connectivity index (χ4v) is 2.18. The van der Waals surface area contributed by atoms with Crippen LogP contribution < -0.4 is 0 Å². The summed E-state index contributed by atoms with van der Waals surface area (Å²) >= 11 is 0. The molecule has 0 aliphatic heterocycles. The van der Waals surface area contributed by atoms with Crippen LogP contribution in [0.3, 0.4) is 0 Å². The van der Waals surface area contributed by atoms with E-state index in [9.17, 15) is 4.79 Å². The second-order valence-electron chi connectivity index (χ2n) is 4.06. The zero-order valence-electron chi connectivity index (χ0n) is 8.92. The highest BCUT2D eigenvalue weighted by Gasteiger charge is 2.33. The lowest BCUT2D eigenvalue weighted by Gasteiger charge is -2.28. The number of fused-ring (bicyclic) bond motifs is 1. The number of ketones is 1. The van der Waals surface area contributed by atoms with Crippen LogP contribution in [0, 0.1) is 0 Å². The number of rotatable bonds is 2. The highest BCUT2D eigenvalue weighted by molar-refractivity contribution is 6.01. The Hall–Kier alpha value is -1.97. The summed E-state index contributed by atoms with van der Waals surface area (Å²) in [6.07, 6.45) is 2.36. The minimum Gasteiger partial charge on any atom is -0.292 e. The van der Waals surface area contributed by atoms with Gasteiger partial charge in [-0.05, 0) is 17.5 Å². The topological polar surface area (TPSA) is 47.8 Å². The summed E-state index contributed by atoms with van der Waals surface area (Å²) in [4.78, 5) is 12.2. The fourth-order valence-electron chi connectivity index (χ4n) is 2.18. The SMILES string of the molecule is Cn1nncc1C(=O)C1Cc2ccccc21. The first kappa shape index (κ1) is 9.27. The van der Waals surface area contributed by atoms with Crippen LogP contribution >= 0.6 is 0 Å². The van der Waals surface area contributed by atoms with Crippen molar-refractivity contribution in [2.24, 2.45) is 7.05 Å². The highest BCUT2D eigenvalue weighted by Crippen LogP contribution is 2.36. The molecule has 1 aromatic heterocycles. The van der Waals surface area contributed by atoms with Gasteiger partial charge in [0.2, 0.25) is 0 Å². The molecule has 1 aliphatic rings. The van der Waals surface area contributed by atoms with Gasteiger partial charge in [0.25, 0.3) is 0 Å². The van der Waals surface area contributed by atoms with Crippen molar-refractivity contribution in [2.75, 3.05) is 0 Å². The Labute approximate surface area is 92.9 Å². The fraction of sp³-hybridized carbons (Fsp3) is 0.250. The molecule has 0 spiro atoms. The zero-order chi connectivity index (χ0) is 11.1. The maximum absolute atomic E-state index is 12.2. The van der Waals surface area contributed by atoms with E-state index in [1.807, 2.05) is 18.2 Å². The molecule has 0 saturated heterocycles. The van der Waals surface area contributed by atoms with Crippen molar-refractivity contribution in [1.29, 1.82) is 0 Å². The van der Waals surface area contributed by atoms with Crippen molar-refractivity contribution in [3.05, 3.63) is 47.3 Å². The van der Waals surface area contributed by atoms with Crippen LogP contribution in [0.4, 0.5) is 0 Å². The molecular weight excluding hydrogens is 202 g/mol. The van der Waals surface area contributed by atoms with Gasteiger partial charge >= 0.3 is 0 Å². The van der Waals surface area contributed by atoms with Crippen LogP contribution in [0.25, 0.3) is 0 Å². The first-order valence-corrected chi connectivity index (χ1v) is 5.24. The Bertz CT molecular complexity index is 559. The largest absolute Gasteiger partial charge is 0.292 e. The Kier molecular flexibility index (Phi) is 1.89. The Balaban J connectivity index is 1.93. The third-order valence-electron chi connectivity index (χ3n) is 3.14. The highest BCUT2D eigenvalue weighted by atomic mass is 16.1. The molecule has 3 rings (SSSR count). The minimum atomic E-state index is -0.00611. The van der Waals surface area contributed by atoms with Gasteiger partial charge in [0, 0.05) is 7.05 Å². The Morgan fingerprint density at radius 3 is 2.94 bits per heavy atom. The van der Waals surface area contributed by atoms with Crippen molar-refractivity contribution in [2.45, 2.75) is 12.3 Å². The van der Waals surface area contributed by atoms with E-state index in [2.05, 4.69) is 16.4 Å². The summed E-state index contributed by atoms with van der Waals surface area (Å²) in [5, 5.41) is 7.51. The Morgan fingerprint density at radius 2 is 2.25 bits per heavy atom. The summed E-state index contributed by atoms with van der Waals surface area (Å²) in [5.41, 5.74) is 3.00. The van der Waals surface area contributed by atoms with Gasteiger partial charge in [0.1, 0.15) is 5.69 Å². The van der Waals surface area contributed by atoms with E-state index in [1.54, 1.807) is 7.05 Å². The number of hydrogen-bond donors (Lipinski definition) is 0. The van der Waals surface area contributed by atoms with Crippen LogP contribution in [0.1, 0.15) is 27.5 Å². The van der Waals surface area contributed by atoms with Crippen molar-refractivity contribution in [3.63, 3.8) is 0 Å². The molecule has 0 amide bonds. The molecule has 80 valence electrons. The van der Waals surface area contributed by atoms with Crippen LogP contribution in [0.2, 0.25) is 0 Å². The van der Waals surface area contributed by atoms with Crippen molar-refractivity contribution >= 4 is 5.78 Å². The third kappa shape index (κ3) is 1.19. The second kappa shape index (κ2) is 3.27. The molecule has 0 bridgehead atoms. The van der Waals surface area contributed by atoms with Crippen LogP contribution in [-0.2, 0) is 13.5 Å². The third-order valence-corrected chi connectivity index (χ3v) is 3.14. The molecule has 1 heterocycles. The van der Waals surface area contributed by atoms with E-state index in [-0.39, 0.29) is 11.7 Å². The predicted octanol–water partition coefficient (Wildman–Crippen LogP) is 1.34.